The van der Waals surface area contributed by atoms with E-state index >= 15 is 0 Å². The summed E-state index contributed by atoms with van der Waals surface area (Å²) in [5.41, 5.74) is 1.07. The lowest BCUT2D eigenvalue weighted by molar-refractivity contribution is -0.138. The molecule has 0 spiro atoms. The van der Waals surface area contributed by atoms with Crippen molar-refractivity contribution in [1.82, 2.24) is 10.2 Å². The van der Waals surface area contributed by atoms with Gasteiger partial charge in [-0.05, 0) is 37.0 Å². The Kier molecular flexibility index (Phi) is 4.90. The number of carbonyl (C=O) groups is 2. The number of carbonyl (C=O) groups excluding carboxylic acids is 1. The smallest absolute Gasteiger partial charge is 0.322 e. The molecule has 0 radical (unpaired) electrons. The van der Waals surface area contributed by atoms with E-state index in [1.165, 1.54) is 12.1 Å². The molecule has 1 heterocycles. The van der Waals surface area contributed by atoms with Crippen LogP contribution in [0.15, 0.2) is 24.3 Å². The first kappa shape index (κ1) is 15.4. The van der Waals surface area contributed by atoms with Crippen LogP contribution in [0.25, 0.3) is 0 Å². The highest BCUT2D eigenvalue weighted by molar-refractivity contribution is 5.82. The van der Waals surface area contributed by atoms with Gasteiger partial charge in [0.1, 0.15) is 12.4 Å². The van der Waals surface area contributed by atoms with Gasteiger partial charge < -0.3 is 10.4 Å². The molecule has 0 aliphatic carbocycles. The standard InChI is InChI=1S/C15H19FN2O3/c1-10-6-12(11-2-4-13(16)5-3-11)8-18(10)9-14(19)17-7-15(20)21/h2-5,10,12H,6-9H2,1H3,(H,17,19)(H,20,21)/t10-,12+/m1/s1. The molecule has 2 atom stereocenters. The molecule has 0 aromatic heterocycles. The zero-order valence-electron chi connectivity index (χ0n) is 11.9. The first-order chi connectivity index (χ1) is 9.95. The number of benzene rings is 1. The van der Waals surface area contributed by atoms with Gasteiger partial charge in [-0.2, -0.15) is 0 Å². The Labute approximate surface area is 122 Å². The summed E-state index contributed by atoms with van der Waals surface area (Å²) in [6.07, 6.45) is 0.901. The van der Waals surface area contributed by atoms with Gasteiger partial charge in [-0.25, -0.2) is 4.39 Å². The van der Waals surface area contributed by atoms with Gasteiger partial charge in [0.2, 0.25) is 5.91 Å². The number of hydrogen-bond donors (Lipinski definition) is 2. The fourth-order valence-electron chi connectivity index (χ4n) is 2.71. The van der Waals surface area contributed by atoms with Gasteiger partial charge in [0.25, 0.3) is 0 Å². The molecule has 21 heavy (non-hydrogen) atoms. The maximum Gasteiger partial charge on any atom is 0.322 e. The molecule has 2 rings (SSSR count). The van der Waals surface area contributed by atoms with Crippen LogP contribution < -0.4 is 5.32 Å². The molecule has 5 nitrogen and oxygen atoms in total. The van der Waals surface area contributed by atoms with Crippen LogP contribution >= 0.6 is 0 Å². The van der Waals surface area contributed by atoms with Crippen molar-refractivity contribution in [2.75, 3.05) is 19.6 Å². The molecule has 1 saturated heterocycles. The van der Waals surface area contributed by atoms with Gasteiger partial charge in [0, 0.05) is 12.6 Å². The topological polar surface area (TPSA) is 69.6 Å². The lowest BCUT2D eigenvalue weighted by atomic mass is 9.97. The van der Waals surface area contributed by atoms with Crippen molar-refractivity contribution < 1.29 is 19.1 Å². The Morgan fingerprint density at radius 2 is 2.05 bits per heavy atom. The van der Waals surface area contributed by atoms with E-state index in [4.69, 9.17) is 5.11 Å². The zero-order valence-corrected chi connectivity index (χ0v) is 11.9. The minimum atomic E-state index is -1.05. The van der Waals surface area contributed by atoms with Crippen LogP contribution in [0.3, 0.4) is 0 Å². The molecule has 1 aromatic rings. The molecular formula is C15H19FN2O3. The molecule has 0 unspecified atom stereocenters. The Hall–Kier alpha value is -1.95. The molecule has 1 amide bonds. The van der Waals surface area contributed by atoms with E-state index in [0.29, 0.717) is 6.54 Å². The molecule has 1 aliphatic rings. The van der Waals surface area contributed by atoms with E-state index in [9.17, 15) is 14.0 Å². The van der Waals surface area contributed by atoms with Crippen LogP contribution in [0.5, 0.6) is 0 Å². The number of halogens is 1. The number of nitrogens with zero attached hydrogens (tertiary/aromatic N) is 1. The first-order valence-electron chi connectivity index (χ1n) is 6.93. The average Bonchev–Trinajstić information content (AvgIpc) is 2.78. The second-order valence-corrected chi connectivity index (χ2v) is 5.43. The number of carboxylic acid groups (broad SMARTS) is 1. The van der Waals surface area contributed by atoms with Gasteiger partial charge in [-0.3, -0.25) is 14.5 Å². The van der Waals surface area contributed by atoms with Crippen LogP contribution in [0.2, 0.25) is 0 Å². The summed E-state index contributed by atoms with van der Waals surface area (Å²) in [4.78, 5) is 24.1. The molecule has 114 valence electrons. The van der Waals surface area contributed by atoms with Crippen LogP contribution in [0, 0.1) is 5.82 Å². The number of hydrogen-bond acceptors (Lipinski definition) is 3. The van der Waals surface area contributed by atoms with E-state index in [2.05, 4.69) is 5.32 Å². The Morgan fingerprint density at radius 3 is 2.67 bits per heavy atom. The Bertz CT molecular complexity index is 518. The van der Waals surface area contributed by atoms with E-state index in [-0.39, 0.29) is 36.8 Å². The van der Waals surface area contributed by atoms with Gasteiger partial charge in [0.05, 0.1) is 6.54 Å². The van der Waals surface area contributed by atoms with E-state index in [0.717, 1.165) is 12.0 Å². The average molecular weight is 294 g/mol. The number of nitrogens with one attached hydrogen (secondary N) is 1. The third-order valence-corrected chi connectivity index (χ3v) is 3.83. The van der Waals surface area contributed by atoms with Crippen LogP contribution in [0.1, 0.15) is 24.8 Å². The predicted molar refractivity (Wildman–Crippen MR) is 75.4 cm³/mol. The van der Waals surface area contributed by atoms with Crippen molar-refractivity contribution in [3.63, 3.8) is 0 Å². The van der Waals surface area contributed by atoms with Crippen molar-refractivity contribution in [1.29, 1.82) is 0 Å². The van der Waals surface area contributed by atoms with Crippen LogP contribution in [0.4, 0.5) is 4.39 Å². The molecule has 1 aromatic carbocycles. The summed E-state index contributed by atoms with van der Waals surface area (Å²) in [7, 11) is 0. The quantitative estimate of drug-likeness (QED) is 0.856. The molecular weight excluding hydrogens is 275 g/mol. The predicted octanol–water partition coefficient (Wildman–Crippen LogP) is 1.20. The van der Waals surface area contributed by atoms with Gasteiger partial charge in [-0.15, -0.1) is 0 Å². The summed E-state index contributed by atoms with van der Waals surface area (Å²) in [6.45, 7) is 2.58. The van der Waals surface area contributed by atoms with Crippen LogP contribution in [-0.2, 0) is 9.59 Å². The van der Waals surface area contributed by atoms with E-state index < -0.39 is 5.97 Å². The maximum atomic E-state index is 12.9. The lowest BCUT2D eigenvalue weighted by Crippen LogP contribution is -2.40. The summed E-state index contributed by atoms with van der Waals surface area (Å²) in [5.74, 6) is -1.33. The zero-order chi connectivity index (χ0) is 15.4. The highest BCUT2D eigenvalue weighted by Crippen LogP contribution is 2.31. The molecule has 2 N–H and O–H groups in total. The van der Waals surface area contributed by atoms with Crippen molar-refractivity contribution in [2.45, 2.75) is 25.3 Å². The summed E-state index contributed by atoms with van der Waals surface area (Å²) in [6, 6.07) is 6.68. The Morgan fingerprint density at radius 1 is 1.38 bits per heavy atom. The fourth-order valence-corrected chi connectivity index (χ4v) is 2.71. The lowest BCUT2D eigenvalue weighted by Gasteiger charge is -2.20. The number of aliphatic carboxylic acids is 1. The number of carboxylic acids is 1. The van der Waals surface area contributed by atoms with Crippen molar-refractivity contribution in [3.05, 3.63) is 35.6 Å². The number of rotatable bonds is 5. The van der Waals surface area contributed by atoms with Crippen molar-refractivity contribution in [3.8, 4) is 0 Å². The van der Waals surface area contributed by atoms with Crippen LogP contribution in [-0.4, -0.2) is 47.6 Å². The molecule has 0 bridgehead atoms. The molecule has 0 saturated carbocycles. The van der Waals surface area contributed by atoms with Gasteiger partial charge in [0.15, 0.2) is 0 Å². The highest BCUT2D eigenvalue weighted by Gasteiger charge is 2.31. The summed E-state index contributed by atoms with van der Waals surface area (Å²) < 4.78 is 12.9. The summed E-state index contributed by atoms with van der Waals surface area (Å²) >= 11 is 0. The molecule has 6 heteroatoms. The second kappa shape index (κ2) is 6.67. The minimum absolute atomic E-state index is 0.187. The summed E-state index contributed by atoms with van der Waals surface area (Å²) in [5, 5.41) is 10.9. The van der Waals surface area contributed by atoms with Crippen molar-refractivity contribution in [2.24, 2.45) is 0 Å². The van der Waals surface area contributed by atoms with Crippen molar-refractivity contribution >= 4 is 11.9 Å². The minimum Gasteiger partial charge on any atom is -0.480 e. The fraction of sp³-hybridized carbons (Fsp3) is 0.467. The third kappa shape index (κ3) is 4.26. The highest BCUT2D eigenvalue weighted by atomic mass is 19.1. The SMILES string of the molecule is C[C@@H]1C[C@H](c2ccc(F)cc2)CN1CC(=O)NCC(=O)O. The normalized spacial score (nSPS) is 22.2. The molecule has 1 aliphatic heterocycles. The second-order valence-electron chi connectivity index (χ2n) is 5.43. The van der Waals surface area contributed by atoms with Gasteiger partial charge >= 0.3 is 5.97 Å². The first-order valence-corrected chi connectivity index (χ1v) is 6.93. The number of amides is 1. The van der Waals surface area contributed by atoms with E-state index in [1.807, 2.05) is 11.8 Å². The van der Waals surface area contributed by atoms with E-state index in [1.54, 1.807) is 12.1 Å². The molecule has 1 fully saturated rings. The largest absolute Gasteiger partial charge is 0.480 e. The number of likely N-dealkylation sites (tertiary alicyclic amines) is 1. The monoisotopic (exact) mass is 294 g/mol. The third-order valence-electron chi connectivity index (χ3n) is 3.83. The maximum absolute atomic E-state index is 12.9. The van der Waals surface area contributed by atoms with Gasteiger partial charge in [-0.1, -0.05) is 12.1 Å². The Balaban J connectivity index is 1.90.